The maximum absolute atomic E-state index is 13.6. The molecule has 1 aliphatic rings. The smallest absolute Gasteiger partial charge is 0.408 e. The Morgan fingerprint density at radius 1 is 0.620 bits per heavy atom. The van der Waals surface area contributed by atoms with Gasteiger partial charge in [-0.25, -0.2) is 19.2 Å². The zero-order chi connectivity index (χ0) is 38.0. The summed E-state index contributed by atoms with van der Waals surface area (Å²) in [6.07, 6.45) is -1.79. The van der Waals surface area contributed by atoms with Gasteiger partial charge in [-0.1, -0.05) is 52.0 Å². The number of carbonyl (C=O) groups is 6. The minimum Gasteiger partial charge on any atom is -0.479 e. The first-order chi connectivity index (χ1) is 22.9. The number of alkyl carbamates (subject to hydrolysis) is 2. The second-order valence-electron chi connectivity index (χ2n) is 15.6. The monoisotopic (exact) mass is 694 g/mol. The second-order valence-corrected chi connectivity index (χ2v) is 15.6. The minimum absolute atomic E-state index is 0.299. The average Bonchev–Trinajstić information content (AvgIpc) is 2.97. The Morgan fingerprint density at radius 2 is 0.940 bits per heavy atom. The van der Waals surface area contributed by atoms with E-state index in [1.165, 1.54) is 0 Å². The van der Waals surface area contributed by atoms with Crippen LogP contribution in [0.4, 0.5) is 9.59 Å². The van der Waals surface area contributed by atoms with Crippen molar-refractivity contribution < 1.29 is 48.5 Å². The second kappa shape index (κ2) is 14.6. The molecule has 272 valence electrons. The summed E-state index contributed by atoms with van der Waals surface area (Å²) in [6.45, 7) is 16.4. The Labute approximate surface area is 293 Å². The summed E-state index contributed by atoms with van der Waals surface area (Å²) < 4.78 is 10.6. The molecule has 2 aromatic carbocycles. The molecule has 2 aromatic rings. The maximum atomic E-state index is 13.6. The molecule has 0 fully saturated rings. The molecule has 0 saturated heterocycles. The number of fused-ring (bicyclic) bond motifs is 3. The highest BCUT2D eigenvalue weighted by Gasteiger charge is 2.47. The Morgan fingerprint density at radius 3 is 1.20 bits per heavy atom. The summed E-state index contributed by atoms with van der Waals surface area (Å²) in [7, 11) is 0. The lowest BCUT2D eigenvalue weighted by atomic mass is 9.78. The molecule has 4 N–H and O–H groups in total. The highest BCUT2D eigenvalue weighted by Crippen LogP contribution is 2.36. The molecule has 2 atom stereocenters. The predicted octanol–water partition coefficient (Wildman–Crippen LogP) is 6.61. The van der Waals surface area contributed by atoms with E-state index in [1.807, 2.05) is 0 Å². The fourth-order valence-corrected chi connectivity index (χ4v) is 5.96. The van der Waals surface area contributed by atoms with Gasteiger partial charge in [0.05, 0.1) is 0 Å². The largest absolute Gasteiger partial charge is 0.479 e. The third kappa shape index (κ3) is 9.08. The topological polar surface area (TPSA) is 185 Å². The normalized spacial score (nSPS) is 15.1. The number of benzene rings is 2. The summed E-state index contributed by atoms with van der Waals surface area (Å²) in [4.78, 5) is 77.4. The fourth-order valence-electron chi connectivity index (χ4n) is 5.96. The molecular weight excluding hydrogens is 644 g/mol. The number of aryl methyl sites for hydroxylation is 2. The minimum atomic E-state index is -1.90. The quantitative estimate of drug-likeness (QED) is 0.176. The van der Waals surface area contributed by atoms with E-state index < -0.39 is 82.6 Å². The van der Waals surface area contributed by atoms with Gasteiger partial charge in [-0.15, -0.1) is 0 Å². The molecule has 0 saturated carbocycles. The number of ether oxygens (including phenoxy) is 2. The van der Waals surface area contributed by atoms with Crippen molar-refractivity contribution in [1.82, 2.24) is 10.6 Å². The first kappa shape index (κ1) is 39.7. The van der Waals surface area contributed by atoms with Gasteiger partial charge in [-0.2, -0.15) is 0 Å². The van der Waals surface area contributed by atoms with Crippen LogP contribution in [0.1, 0.15) is 114 Å². The number of carbonyl (C=O) groups excluding carboxylic acids is 4. The standard InChI is InChI=1S/C38H50N2O10/c1-21(2)37(31(43)44,39-33(47)49-35(5,6)7)19-29(41)25-13-15-27-23(17-25)11-12-24-18-26(14-16-28(24)27)30(42)20-38(22(3)4,32(45)46)40-34(48)50-36(8,9)10/h13-18,21-22H,11-12,19-20H2,1-10H3,(H,39,47)(H,40,48)(H,43,44)(H,45,46)/t37-,38-/m0/s1. The van der Waals surface area contributed by atoms with Gasteiger partial charge >= 0.3 is 24.1 Å². The van der Waals surface area contributed by atoms with E-state index in [4.69, 9.17) is 9.47 Å². The van der Waals surface area contributed by atoms with Crippen molar-refractivity contribution in [2.75, 3.05) is 0 Å². The highest BCUT2D eigenvalue weighted by atomic mass is 16.6. The Hall–Kier alpha value is -4.74. The van der Waals surface area contributed by atoms with E-state index in [0.29, 0.717) is 24.0 Å². The van der Waals surface area contributed by atoms with Crippen molar-refractivity contribution in [3.63, 3.8) is 0 Å². The van der Waals surface area contributed by atoms with Gasteiger partial charge < -0.3 is 30.3 Å². The van der Waals surface area contributed by atoms with E-state index in [2.05, 4.69) is 10.6 Å². The first-order valence-corrected chi connectivity index (χ1v) is 16.7. The van der Waals surface area contributed by atoms with Crippen LogP contribution >= 0.6 is 0 Å². The van der Waals surface area contributed by atoms with E-state index in [1.54, 1.807) is 106 Å². The van der Waals surface area contributed by atoms with Crippen molar-refractivity contribution in [1.29, 1.82) is 0 Å². The third-order valence-electron chi connectivity index (χ3n) is 8.87. The molecule has 50 heavy (non-hydrogen) atoms. The van der Waals surface area contributed by atoms with E-state index >= 15 is 0 Å². The molecule has 0 aliphatic heterocycles. The number of hydrogen-bond acceptors (Lipinski definition) is 8. The van der Waals surface area contributed by atoms with Crippen LogP contribution in [0.15, 0.2) is 36.4 Å². The molecule has 0 aromatic heterocycles. The van der Waals surface area contributed by atoms with Crippen molar-refractivity contribution in [2.24, 2.45) is 11.8 Å². The summed E-state index contributed by atoms with van der Waals surface area (Å²) in [5.74, 6) is -4.91. The molecule has 12 heteroatoms. The van der Waals surface area contributed by atoms with Crippen LogP contribution in [-0.2, 0) is 31.9 Å². The molecule has 0 bridgehead atoms. The zero-order valence-electron chi connectivity index (χ0n) is 30.6. The van der Waals surface area contributed by atoms with Crippen LogP contribution in [0.25, 0.3) is 11.1 Å². The number of ketones is 2. The van der Waals surface area contributed by atoms with Gasteiger partial charge in [0.1, 0.15) is 22.3 Å². The van der Waals surface area contributed by atoms with Crippen molar-refractivity contribution in [3.05, 3.63) is 58.7 Å². The number of rotatable bonds is 12. The summed E-state index contributed by atoms with van der Waals surface area (Å²) in [5.41, 5.74) is -1.53. The average molecular weight is 695 g/mol. The van der Waals surface area contributed by atoms with Crippen molar-refractivity contribution >= 4 is 35.7 Å². The van der Waals surface area contributed by atoms with Crippen LogP contribution < -0.4 is 10.6 Å². The van der Waals surface area contributed by atoms with Crippen molar-refractivity contribution in [2.45, 2.75) is 117 Å². The highest BCUT2D eigenvalue weighted by molar-refractivity contribution is 6.03. The number of carboxylic acids is 2. The fraction of sp³-hybridized carbons (Fsp3) is 0.526. The van der Waals surface area contributed by atoms with Gasteiger partial charge in [0.25, 0.3) is 0 Å². The lowest BCUT2D eigenvalue weighted by molar-refractivity contribution is -0.147. The lowest BCUT2D eigenvalue weighted by Gasteiger charge is -2.34. The van der Waals surface area contributed by atoms with Gasteiger partial charge in [0, 0.05) is 24.0 Å². The van der Waals surface area contributed by atoms with E-state index in [-0.39, 0.29) is 0 Å². The number of carboxylic acid groups (broad SMARTS) is 2. The molecular formula is C38H50N2O10. The number of aliphatic carboxylic acids is 2. The van der Waals surface area contributed by atoms with Gasteiger partial charge in [-0.3, -0.25) is 9.59 Å². The first-order valence-electron chi connectivity index (χ1n) is 16.7. The van der Waals surface area contributed by atoms with Gasteiger partial charge in [0.15, 0.2) is 11.6 Å². The van der Waals surface area contributed by atoms with Gasteiger partial charge in [-0.05, 0) is 101 Å². The number of Topliss-reactive ketones (excluding diaryl/α,β-unsaturated/α-hetero) is 2. The zero-order valence-corrected chi connectivity index (χ0v) is 30.6. The Bertz CT molecular complexity index is 1560. The van der Waals surface area contributed by atoms with E-state index in [0.717, 1.165) is 22.3 Å². The number of nitrogens with one attached hydrogen (secondary N) is 2. The number of amides is 2. The molecule has 1 aliphatic carbocycles. The lowest BCUT2D eigenvalue weighted by Crippen LogP contribution is -2.60. The van der Waals surface area contributed by atoms with Gasteiger partial charge in [0.2, 0.25) is 0 Å². The van der Waals surface area contributed by atoms with Crippen LogP contribution in [0.3, 0.4) is 0 Å². The van der Waals surface area contributed by atoms with E-state index in [9.17, 15) is 39.0 Å². The van der Waals surface area contributed by atoms with Crippen molar-refractivity contribution in [3.8, 4) is 11.1 Å². The van der Waals surface area contributed by atoms with Crippen LogP contribution in [0, 0.1) is 11.8 Å². The maximum Gasteiger partial charge on any atom is 0.408 e. The Balaban J connectivity index is 1.88. The molecule has 3 rings (SSSR count). The molecule has 0 radical (unpaired) electrons. The number of hydrogen-bond donors (Lipinski definition) is 4. The Kier molecular flexibility index (Phi) is 11.6. The summed E-state index contributed by atoms with van der Waals surface area (Å²) >= 11 is 0. The molecule has 0 unspecified atom stereocenters. The molecule has 0 spiro atoms. The summed E-state index contributed by atoms with van der Waals surface area (Å²) in [5, 5.41) is 25.3. The molecule has 2 amide bonds. The third-order valence-corrected chi connectivity index (χ3v) is 8.87. The van der Waals surface area contributed by atoms with Crippen LogP contribution in [0.5, 0.6) is 0 Å². The van der Waals surface area contributed by atoms with Crippen LogP contribution in [0.2, 0.25) is 0 Å². The molecule has 12 nitrogen and oxygen atoms in total. The summed E-state index contributed by atoms with van der Waals surface area (Å²) in [6, 6.07) is 10.2. The SMILES string of the molecule is CC(C)[C@](CC(=O)c1ccc2c(c1)CCc1cc(C(=O)C[C@@](NC(=O)OC(C)(C)C)(C(=O)O)C(C)C)ccc1-2)(NC(=O)OC(C)(C)C)C(=O)O. The molecule has 0 heterocycles. The predicted molar refractivity (Wildman–Crippen MR) is 186 cm³/mol. The van der Waals surface area contributed by atoms with Crippen LogP contribution in [-0.4, -0.2) is 68.2 Å².